The first-order valence-corrected chi connectivity index (χ1v) is 6.67. The van der Waals surface area contributed by atoms with Crippen LogP contribution in [0.5, 0.6) is 5.75 Å². The van der Waals surface area contributed by atoms with Crippen LogP contribution >= 0.6 is 23.8 Å². The summed E-state index contributed by atoms with van der Waals surface area (Å²) in [6.07, 6.45) is 1.66. The summed E-state index contributed by atoms with van der Waals surface area (Å²) in [5, 5.41) is 3.89. The summed E-state index contributed by atoms with van der Waals surface area (Å²) in [6, 6.07) is 7.31. The third-order valence-corrected chi connectivity index (χ3v) is 3.39. The van der Waals surface area contributed by atoms with E-state index in [1.54, 1.807) is 25.4 Å². The van der Waals surface area contributed by atoms with Gasteiger partial charge in [-0.15, -0.1) is 0 Å². The second kappa shape index (κ2) is 6.07. The molecule has 2 rings (SSSR count). The summed E-state index contributed by atoms with van der Waals surface area (Å²) in [5.74, 6) is 0.666. The molecule has 0 saturated carbocycles. The van der Waals surface area contributed by atoms with Gasteiger partial charge in [-0.2, -0.15) is 0 Å². The van der Waals surface area contributed by atoms with Gasteiger partial charge in [-0.3, -0.25) is 4.98 Å². The van der Waals surface area contributed by atoms with E-state index < -0.39 is 0 Å². The number of aromatic nitrogens is 1. The number of benzene rings is 1. The van der Waals surface area contributed by atoms with Crippen molar-refractivity contribution in [2.75, 3.05) is 12.4 Å². The Morgan fingerprint density at radius 1 is 1.40 bits per heavy atom. The van der Waals surface area contributed by atoms with Crippen molar-refractivity contribution in [3.63, 3.8) is 0 Å². The van der Waals surface area contributed by atoms with Gasteiger partial charge < -0.3 is 15.8 Å². The van der Waals surface area contributed by atoms with Crippen molar-refractivity contribution in [3.8, 4) is 5.75 Å². The average Bonchev–Trinajstić information content (AvgIpc) is 2.43. The van der Waals surface area contributed by atoms with Crippen LogP contribution in [0.3, 0.4) is 0 Å². The summed E-state index contributed by atoms with van der Waals surface area (Å²) in [7, 11) is 1.60. The van der Waals surface area contributed by atoms with E-state index in [9.17, 15) is 0 Å². The highest BCUT2D eigenvalue weighted by Gasteiger charge is 2.08. The summed E-state index contributed by atoms with van der Waals surface area (Å²) >= 11 is 10.9. The van der Waals surface area contributed by atoms with Crippen LogP contribution in [0.2, 0.25) is 5.02 Å². The molecule has 0 radical (unpaired) electrons. The molecule has 1 aromatic heterocycles. The van der Waals surface area contributed by atoms with Gasteiger partial charge in [0.15, 0.2) is 0 Å². The molecular formula is C14H14ClN3OS. The largest absolute Gasteiger partial charge is 0.495 e. The number of hydrogen-bond acceptors (Lipinski definition) is 4. The Hall–Kier alpha value is -1.85. The fourth-order valence-electron chi connectivity index (χ4n) is 1.70. The standard InChI is InChI=1S/C14H14ClN3OS/c1-8-5-12(13(19-2)6-10(8)15)18-9-3-4-11(14(16)20)17-7-9/h3-7,18H,1-2H3,(H2,16,20). The third kappa shape index (κ3) is 3.18. The lowest BCUT2D eigenvalue weighted by molar-refractivity contribution is 0.417. The van der Waals surface area contributed by atoms with Crippen molar-refractivity contribution in [1.82, 2.24) is 4.98 Å². The molecule has 0 fully saturated rings. The fraction of sp³-hybridized carbons (Fsp3) is 0.143. The van der Waals surface area contributed by atoms with Gasteiger partial charge in [-0.1, -0.05) is 23.8 Å². The molecule has 1 aromatic carbocycles. The lowest BCUT2D eigenvalue weighted by atomic mass is 10.2. The Morgan fingerprint density at radius 3 is 2.70 bits per heavy atom. The smallest absolute Gasteiger partial charge is 0.143 e. The number of rotatable bonds is 4. The maximum Gasteiger partial charge on any atom is 0.143 e. The van der Waals surface area contributed by atoms with E-state index in [0.29, 0.717) is 16.5 Å². The van der Waals surface area contributed by atoms with Crippen LogP contribution < -0.4 is 15.8 Å². The Balaban J connectivity index is 2.29. The van der Waals surface area contributed by atoms with Crippen molar-refractivity contribution in [2.24, 2.45) is 5.73 Å². The molecule has 4 nitrogen and oxygen atoms in total. The van der Waals surface area contributed by atoms with Gasteiger partial charge in [0.25, 0.3) is 0 Å². The van der Waals surface area contributed by atoms with E-state index in [-0.39, 0.29) is 4.99 Å². The number of halogens is 1. The Morgan fingerprint density at radius 2 is 2.15 bits per heavy atom. The lowest BCUT2D eigenvalue weighted by Gasteiger charge is -2.13. The molecule has 0 unspecified atom stereocenters. The molecule has 3 N–H and O–H groups in total. The third-order valence-electron chi connectivity index (χ3n) is 2.78. The number of aryl methyl sites for hydroxylation is 1. The van der Waals surface area contributed by atoms with Crippen LogP contribution in [-0.2, 0) is 0 Å². The number of thiocarbonyl (C=S) groups is 1. The Labute approximate surface area is 127 Å². The van der Waals surface area contributed by atoms with E-state index in [1.807, 2.05) is 19.1 Å². The van der Waals surface area contributed by atoms with E-state index in [0.717, 1.165) is 16.9 Å². The predicted octanol–water partition coefficient (Wildman–Crippen LogP) is 3.43. The summed E-state index contributed by atoms with van der Waals surface area (Å²) in [4.78, 5) is 4.45. The number of nitrogens with one attached hydrogen (secondary N) is 1. The SMILES string of the molecule is COc1cc(Cl)c(C)cc1Nc1ccc(C(N)=S)nc1. The molecule has 0 aliphatic carbocycles. The molecule has 0 spiro atoms. The van der Waals surface area contributed by atoms with Crippen molar-refractivity contribution in [2.45, 2.75) is 6.92 Å². The zero-order valence-electron chi connectivity index (χ0n) is 11.1. The van der Waals surface area contributed by atoms with Gasteiger partial charge >= 0.3 is 0 Å². The molecule has 0 saturated heterocycles. The molecule has 104 valence electrons. The van der Waals surface area contributed by atoms with Crippen molar-refractivity contribution >= 4 is 40.2 Å². The van der Waals surface area contributed by atoms with Crippen LogP contribution in [0.1, 0.15) is 11.3 Å². The number of anilines is 2. The summed E-state index contributed by atoms with van der Waals surface area (Å²) in [5.41, 5.74) is 8.69. The number of methoxy groups -OCH3 is 1. The van der Waals surface area contributed by atoms with Crippen LogP contribution in [0.15, 0.2) is 30.5 Å². The minimum Gasteiger partial charge on any atom is -0.495 e. The molecule has 0 aliphatic heterocycles. The maximum absolute atomic E-state index is 6.07. The molecule has 0 bridgehead atoms. The number of ether oxygens (including phenoxy) is 1. The van der Waals surface area contributed by atoms with E-state index in [1.165, 1.54) is 0 Å². The maximum atomic E-state index is 6.07. The minimum absolute atomic E-state index is 0.275. The lowest BCUT2D eigenvalue weighted by Crippen LogP contribution is -2.11. The number of hydrogen-bond donors (Lipinski definition) is 2. The van der Waals surface area contributed by atoms with E-state index in [2.05, 4.69) is 10.3 Å². The second-order valence-corrected chi connectivity index (χ2v) is 5.07. The van der Waals surface area contributed by atoms with Gasteiger partial charge in [-0.05, 0) is 30.7 Å². The number of pyridine rings is 1. The molecular weight excluding hydrogens is 294 g/mol. The van der Waals surface area contributed by atoms with Crippen LogP contribution in [0, 0.1) is 6.92 Å². The zero-order chi connectivity index (χ0) is 14.7. The highest BCUT2D eigenvalue weighted by molar-refractivity contribution is 7.80. The molecule has 2 aromatic rings. The van der Waals surface area contributed by atoms with Gasteiger partial charge in [0.2, 0.25) is 0 Å². The van der Waals surface area contributed by atoms with Crippen LogP contribution in [0.25, 0.3) is 0 Å². The first-order chi connectivity index (χ1) is 9.51. The quantitative estimate of drug-likeness (QED) is 0.847. The van der Waals surface area contributed by atoms with Gasteiger partial charge in [0.1, 0.15) is 10.7 Å². The Bertz CT molecular complexity index is 644. The van der Waals surface area contributed by atoms with E-state index in [4.69, 9.17) is 34.3 Å². The van der Waals surface area contributed by atoms with E-state index >= 15 is 0 Å². The fourth-order valence-corrected chi connectivity index (χ4v) is 1.97. The average molecular weight is 308 g/mol. The highest BCUT2D eigenvalue weighted by atomic mass is 35.5. The first-order valence-electron chi connectivity index (χ1n) is 5.88. The first kappa shape index (κ1) is 14.6. The van der Waals surface area contributed by atoms with Crippen LogP contribution in [-0.4, -0.2) is 17.1 Å². The molecule has 6 heteroatoms. The second-order valence-electron chi connectivity index (χ2n) is 4.22. The molecule has 0 aliphatic rings. The zero-order valence-corrected chi connectivity index (χ0v) is 12.7. The molecule has 0 amide bonds. The van der Waals surface area contributed by atoms with Gasteiger partial charge in [0, 0.05) is 11.1 Å². The molecule has 0 atom stereocenters. The molecule has 1 heterocycles. The summed E-state index contributed by atoms with van der Waals surface area (Å²) in [6.45, 7) is 1.93. The van der Waals surface area contributed by atoms with Gasteiger partial charge in [-0.25, -0.2) is 0 Å². The number of nitrogens with zero attached hydrogens (tertiary/aromatic N) is 1. The highest BCUT2D eigenvalue weighted by Crippen LogP contribution is 2.32. The number of nitrogens with two attached hydrogens (primary N) is 1. The Kier molecular flexibility index (Phi) is 4.42. The minimum atomic E-state index is 0.275. The summed E-state index contributed by atoms with van der Waals surface area (Å²) < 4.78 is 5.31. The predicted molar refractivity (Wildman–Crippen MR) is 86.1 cm³/mol. The van der Waals surface area contributed by atoms with Crippen molar-refractivity contribution < 1.29 is 4.74 Å². The van der Waals surface area contributed by atoms with Crippen molar-refractivity contribution in [1.29, 1.82) is 0 Å². The normalized spacial score (nSPS) is 10.2. The van der Waals surface area contributed by atoms with Gasteiger partial charge in [0.05, 0.1) is 30.4 Å². The van der Waals surface area contributed by atoms with Crippen LogP contribution in [0.4, 0.5) is 11.4 Å². The topological polar surface area (TPSA) is 60.2 Å². The van der Waals surface area contributed by atoms with Crippen molar-refractivity contribution in [3.05, 3.63) is 46.7 Å². The molecule has 20 heavy (non-hydrogen) atoms. The monoisotopic (exact) mass is 307 g/mol.